The van der Waals surface area contributed by atoms with Crippen molar-refractivity contribution < 1.29 is 21.4 Å². The molecular formula is C14H10ClNO5S2. The van der Waals surface area contributed by atoms with E-state index in [2.05, 4.69) is 0 Å². The van der Waals surface area contributed by atoms with Crippen molar-refractivity contribution in [3.8, 4) is 0 Å². The van der Waals surface area contributed by atoms with Crippen molar-refractivity contribution in [1.82, 2.24) is 3.97 Å². The van der Waals surface area contributed by atoms with Gasteiger partial charge in [-0.3, -0.25) is 4.55 Å². The van der Waals surface area contributed by atoms with E-state index in [9.17, 15) is 21.4 Å². The van der Waals surface area contributed by atoms with E-state index in [0.717, 1.165) is 10.2 Å². The van der Waals surface area contributed by atoms with E-state index < -0.39 is 25.0 Å². The maximum absolute atomic E-state index is 12.7. The number of fused-ring (bicyclic) bond motifs is 1. The van der Waals surface area contributed by atoms with E-state index in [1.165, 1.54) is 30.3 Å². The Morgan fingerprint density at radius 1 is 0.913 bits per heavy atom. The van der Waals surface area contributed by atoms with Gasteiger partial charge in [-0.05, 0) is 24.3 Å². The molecule has 0 aliphatic carbocycles. The van der Waals surface area contributed by atoms with Crippen molar-refractivity contribution in [1.29, 1.82) is 0 Å². The van der Waals surface area contributed by atoms with Crippen molar-refractivity contribution in [2.24, 2.45) is 0 Å². The quantitative estimate of drug-likeness (QED) is 0.714. The minimum Gasteiger partial charge on any atom is -0.282 e. The van der Waals surface area contributed by atoms with Gasteiger partial charge in [-0.15, -0.1) is 0 Å². The second-order valence-electron chi connectivity index (χ2n) is 4.72. The van der Waals surface area contributed by atoms with Crippen LogP contribution in [0.3, 0.4) is 0 Å². The summed E-state index contributed by atoms with van der Waals surface area (Å²) in [4.78, 5) is -0.573. The first-order valence-corrected chi connectivity index (χ1v) is 9.56. The average molecular weight is 372 g/mol. The minimum atomic E-state index is -4.64. The monoisotopic (exact) mass is 371 g/mol. The van der Waals surface area contributed by atoms with E-state index in [1.807, 2.05) is 0 Å². The SMILES string of the molecule is O=S(=O)(O)c1cn(S(=O)(=O)c2ccccc2)c2cccc(Cl)c12. The predicted octanol–water partition coefficient (Wildman–Crippen LogP) is 2.78. The lowest BCUT2D eigenvalue weighted by Gasteiger charge is -2.07. The van der Waals surface area contributed by atoms with E-state index >= 15 is 0 Å². The third-order valence-corrected chi connectivity index (χ3v) is 6.16. The van der Waals surface area contributed by atoms with Gasteiger partial charge in [0.25, 0.3) is 20.1 Å². The number of aromatic nitrogens is 1. The number of nitrogens with zero attached hydrogens (tertiary/aromatic N) is 1. The van der Waals surface area contributed by atoms with Crippen LogP contribution in [0.15, 0.2) is 64.5 Å². The molecule has 0 saturated carbocycles. The van der Waals surface area contributed by atoms with Gasteiger partial charge in [0.05, 0.1) is 15.4 Å². The van der Waals surface area contributed by atoms with E-state index in [-0.39, 0.29) is 20.8 Å². The molecule has 6 nitrogen and oxygen atoms in total. The first-order valence-electron chi connectivity index (χ1n) is 6.30. The number of rotatable bonds is 3. The minimum absolute atomic E-state index is 0.0150. The number of halogens is 1. The average Bonchev–Trinajstić information content (AvgIpc) is 2.90. The molecule has 3 aromatic rings. The second-order valence-corrected chi connectivity index (χ2v) is 8.33. The molecule has 0 fully saturated rings. The summed E-state index contributed by atoms with van der Waals surface area (Å²) in [7, 11) is -8.68. The molecule has 120 valence electrons. The lowest BCUT2D eigenvalue weighted by molar-refractivity contribution is 0.484. The zero-order chi connectivity index (χ0) is 16.8. The zero-order valence-electron chi connectivity index (χ0n) is 11.4. The molecule has 0 spiro atoms. The largest absolute Gasteiger partial charge is 0.296 e. The fraction of sp³-hybridized carbons (Fsp3) is 0. The Hall–Kier alpha value is -1.87. The molecule has 0 atom stereocenters. The molecule has 1 N–H and O–H groups in total. The molecule has 2 aromatic carbocycles. The molecule has 9 heteroatoms. The molecular weight excluding hydrogens is 362 g/mol. The van der Waals surface area contributed by atoms with Gasteiger partial charge in [0, 0.05) is 11.6 Å². The highest BCUT2D eigenvalue weighted by Gasteiger charge is 2.26. The van der Waals surface area contributed by atoms with Crippen molar-refractivity contribution in [2.75, 3.05) is 0 Å². The van der Waals surface area contributed by atoms with Crippen LogP contribution in [0.1, 0.15) is 0 Å². The van der Waals surface area contributed by atoms with Crippen molar-refractivity contribution in [3.63, 3.8) is 0 Å². The number of benzene rings is 2. The van der Waals surface area contributed by atoms with Gasteiger partial charge in [-0.2, -0.15) is 8.42 Å². The van der Waals surface area contributed by atoms with Crippen LogP contribution >= 0.6 is 11.6 Å². The summed E-state index contributed by atoms with van der Waals surface area (Å²) >= 11 is 5.99. The predicted molar refractivity (Wildman–Crippen MR) is 85.8 cm³/mol. The van der Waals surface area contributed by atoms with Crippen LogP contribution in [-0.4, -0.2) is 25.4 Å². The highest BCUT2D eigenvalue weighted by molar-refractivity contribution is 7.90. The molecule has 0 unspecified atom stereocenters. The molecule has 0 radical (unpaired) electrons. The fourth-order valence-corrected chi connectivity index (χ4v) is 4.77. The first-order chi connectivity index (χ1) is 10.7. The van der Waals surface area contributed by atoms with Crippen LogP contribution in [0.25, 0.3) is 10.9 Å². The third-order valence-electron chi connectivity index (χ3n) is 3.29. The number of hydrogen-bond acceptors (Lipinski definition) is 4. The second kappa shape index (κ2) is 5.34. The van der Waals surface area contributed by atoms with Gasteiger partial charge in [0.2, 0.25) is 0 Å². The Labute approximate surface area is 137 Å². The zero-order valence-corrected chi connectivity index (χ0v) is 13.8. The fourth-order valence-electron chi connectivity index (χ4n) is 2.28. The molecule has 1 heterocycles. The number of hydrogen-bond donors (Lipinski definition) is 1. The smallest absolute Gasteiger partial charge is 0.282 e. The summed E-state index contributed by atoms with van der Waals surface area (Å²) in [5.41, 5.74) is 0.0639. The van der Waals surface area contributed by atoms with Gasteiger partial charge in [0.1, 0.15) is 4.90 Å². The van der Waals surface area contributed by atoms with Crippen molar-refractivity contribution in [3.05, 3.63) is 59.8 Å². The highest BCUT2D eigenvalue weighted by atomic mass is 35.5. The van der Waals surface area contributed by atoms with Gasteiger partial charge in [-0.1, -0.05) is 35.9 Å². The van der Waals surface area contributed by atoms with Crippen LogP contribution in [0.4, 0.5) is 0 Å². The molecule has 23 heavy (non-hydrogen) atoms. The van der Waals surface area contributed by atoms with Gasteiger partial charge < -0.3 is 0 Å². The molecule has 0 saturated heterocycles. The summed E-state index contributed by atoms with van der Waals surface area (Å²) < 4.78 is 58.8. The van der Waals surface area contributed by atoms with Gasteiger partial charge >= 0.3 is 0 Å². The Bertz CT molecular complexity index is 1100. The third kappa shape index (κ3) is 2.63. The highest BCUT2D eigenvalue weighted by Crippen LogP contribution is 2.33. The topological polar surface area (TPSA) is 93.4 Å². The van der Waals surface area contributed by atoms with Crippen molar-refractivity contribution in [2.45, 2.75) is 9.79 Å². The Morgan fingerprint density at radius 2 is 1.57 bits per heavy atom. The summed E-state index contributed by atoms with van der Waals surface area (Å²) in [6.45, 7) is 0. The van der Waals surface area contributed by atoms with Gasteiger partial charge in [0.15, 0.2) is 0 Å². The maximum atomic E-state index is 12.7. The summed E-state index contributed by atoms with van der Waals surface area (Å²) in [6.07, 6.45) is 0.855. The van der Waals surface area contributed by atoms with Gasteiger partial charge in [-0.25, -0.2) is 12.4 Å². The van der Waals surface area contributed by atoms with Crippen LogP contribution < -0.4 is 0 Å². The lowest BCUT2D eigenvalue weighted by atomic mass is 10.2. The Kier molecular flexibility index (Phi) is 3.72. The molecule has 0 bridgehead atoms. The molecule has 0 aliphatic heterocycles. The Balaban J connectivity index is 2.43. The maximum Gasteiger partial charge on any atom is 0.296 e. The van der Waals surface area contributed by atoms with E-state index in [1.54, 1.807) is 18.2 Å². The lowest BCUT2D eigenvalue weighted by Crippen LogP contribution is -2.11. The summed E-state index contributed by atoms with van der Waals surface area (Å²) in [5.74, 6) is 0. The van der Waals surface area contributed by atoms with Crippen LogP contribution in [-0.2, 0) is 20.1 Å². The van der Waals surface area contributed by atoms with Crippen LogP contribution in [0, 0.1) is 0 Å². The molecule has 1 aromatic heterocycles. The Morgan fingerprint density at radius 3 is 2.17 bits per heavy atom. The summed E-state index contributed by atoms with van der Waals surface area (Å²) in [6, 6.07) is 11.9. The van der Waals surface area contributed by atoms with E-state index in [4.69, 9.17) is 11.6 Å². The standard InChI is InChI=1S/C14H10ClNO5S2/c15-11-7-4-8-12-14(11)13(23(19,20)21)9-16(12)22(17,18)10-5-2-1-3-6-10/h1-9H,(H,19,20,21). The van der Waals surface area contributed by atoms with Crippen molar-refractivity contribution >= 4 is 42.6 Å². The molecule has 3 rings (SSSR count). The first kappa shape index (κ1) is 16.0. The normalized spacial score (nSPS) is 12.6. The summed E-state index contributed by atoms with van der Waals surface area (Å²) in [5, 5.41) is -0.0201. The van der Waals surface area contributed by atoms with E-state index in [0.29, 0.717) is 0 Å². The van der Waals surface area contributed by atoms with Crippen LogP contribution in [0.5, 0.6) is 0 Å². The van der Waals surface area contributed by atoms with Crippen LogP contribution in [0.2, 0.25) is 5.02 Å². The molecule has 0 aliphatic rings. The molecule has 0 amide bonds.